The Labute approximate surface area is 165 Å². The van der Waals surface area contributed by atoms with Crippen molar-refractivity contribution >= 4 is 23.3 Å². The number of benzene rings is 1. The topological polar surface area (TPSA) is 66.4 Å². The molecule has 0 bridgehead atoms. The molecule has 1 aliphatic heterocycles. The number of anilines is 4. The Balaban J connectivity index is 1.45. The van der Waals surface area contributed by atoms with Crippen LogP contribution >= 0.6 is 0 Å². The van der Waals surface area contributed by atoms with Crippen LogP contribution in [0, 0.1) is 6.92 Å². The van der Waals surface area contributed by atoms with Crippen LogP contribution in [0.25, 0.3) is 0 Å². The number of nitrogens with zero attached hydrogens (tertiary/aromatic N) is 5. The molecule has 0 amide bonds. The van der Waals surface area contributed by atoms with Crippen molar-refractivity contribution in [2.45, 2.75) is 6.92 Å². The van der Waals surface area contributed by atoms with Gasteiger partial charge in [-0.15, -0.1) is 0 Å². The van der Waals surface area contributed by atoms with E-state index in [9.17, 15) is 0 Å². The molecule has 0 aliphatic carbocycles. The molecular weight excluding hydrogens is 352 g/mol. The zero-order valence-electron chi connectivity index (χ0n) is 16.2. The molecule has 2 aromatic heterocycles. The number of nitrogens with one attached hydrogen (secondary N) is 1. The second-order valence-electron chi connectivity index (χ2n) is 6.71. The molecule has 1 saturated heterocycles. The van der Waals surface area contributed by atoms with E-state index in [-0.39, 0.29) is 0 Å². The van der Waals surface area contributed by atoms with Gasteiger partial charge in [0.1, 0.15) is 17.4 Å². The molecule has 1 aliphatic rings. The quantitative estimate of drug-likeness (QED) is 0.733. The van der Waals surface area contributed by atoms with Crippen LogP contribution < -0.4 is 19.9 Å². The molecule has 0 saturated carbocycles. The summed E-state index contributed by atoms with van der Waals surface area (Å²) >= 11 is 0. The van der Waals surface area contributed by atoms with Crippen LogP contribution in [0.1, 0.15) is 5.69 Å². The summed E-state index contributed by atoms with van der Waals surface area (Å²) in [5, 5.41) is 3.29. The first-order chi connectivity index (χ1) is 13.7. The summed E-state index contributed by atoms with van der Waals surface area (Å²) in [7, 11) is 1.66. The van der Waals surface area contributed by atoms with Crippen LogP contribution in [0.2, 0.25) is 0 Å². The van der Waals surface area contributed by atoms with Gasteiger partial charge in [-0.2, -0.15) is 4.98 Å². The summed E-state index contributed by atoms with van der Waals surface area (Å²) in [4.78, 5) is 18.3. The van der Waals surface area contributed by atoms with E-state index in [1.54, 1.807) is 7.11 Å². The van der Waals surface area contributed by atoms with Crippen LogP contribution in [0.4, 0.5) is 23.3 Å². The highest BCUT2D eigenvalue weighted by Crippen LogP contribution is 2.22. The third-order valence-corrected chi connectivity index (χ3v) is 4.76. The minimum Gasteiger partial charge on any atom is -0.497 e. The molecule has 3 aromatic rings. The molecular formula is C21H24N6O. The van der Waals surface area contributed by atoms with Crippen LogP contribution in [0.5, 0.6) is 5.75 Å². The van der Waals surface area contributed by atoms with Gasteiger partial charge in [0.2, 0.25) is 5.95 Å². The first-order valence-corrected chi connectivity index (χ1v) is 9.39. The fourth-order valence-electron chi connectivity index (χ4n) is 3.28. The summed E-state index contributed by atoms with van der Waals surface area (Å²) in [5.41, 5.74) is 1.87. The van der Waals surface area contributed by atoms with Gasteiger partial charge in [-0.05, 0) is 43.3 Å². The van der Waals surface area contributed by atoms with Gasteiger partial charge < -0.3 is 19.9 Å². The predicted octanol–water partition coefficient (Wildman–Crippen LogP) is 3.26. The molecule has 0 atom stereocenters. The molecule has 0 unspecified atom stereocenters. The van der Waals surface area contributed by atoms with Crippen molar-refractivity contribution < 1.29 is 4.74 Å². The zero-order valence-corrected chi connectivity index (χ0v) is 16.2. The lowest BCUT2D eigenvalue weighted by Gasteiger charge is -2.36. The van der Waals surface area contributed by atoms with E-state index in [1.807, 2.05) is 55.6 Å². The maximum Gasteiger partial charge on any atom is 0.229 e. The largest absolute Gasteiger partial charge is 0.497 e. The summed E-state index contributed by atoms with van der Waals surface area (Å²) < 4.78 is 5.20. The Hall–Kier alpha value is -3.35. The van der Waals surface area contributed by atoms with Crippen LogP contribution in [-0.2, 0) is 0 Å². The summed E-state index contributed by atoms with van der Waals surface area (Å²) in [6.07, 6.45) is 1.84. The number of rotatable bonds is 5. The van der Waals surface area contributed by atoms with E-state index in [1.165, 1.54) is 0 Å². The Bertz CT molecular complexity index is 908. The van der Waals surface area contributed by atoms with Gasteiger partial charge in [0, 0.05) is 49.8 Å². The fraction of sp³-hybridized carbons (Fsp3) is 0.286. The number of methoxy groups -OCH3 is 1. The minimum absolute atomic E-state index is 0.604. The van der Waals surface area contributed by atoms with Crippen molar-refractivity contribution in [1.82, 2.24) is 15.0 Å². The Morgan fingerprint density at radius 3 is 2.25 bits per heavy atom. The van der Waals surface area contributed by atoms with Crippen molar-refractivity contribution in [3.8, 4) is 5.75 Å². The molecule has 144 valence electrons. The zero-order chi connectivity index (χ0) is 19.3. The van der Waals surface area contributed by atoms with Crippen LogP contribution in [0.15, 0.2) is 54.7 Å². The number of aryl methyl sites for hydroxylation is 1. The highest BCUT2D eigenvalue weighted by atomic mass is 16.5. The van der Waals surface area contributed by atoms with Crippen molar-refractivity contribution in [3.63, 3.8) is 0 Å². The van der Waals surface area contributed by atoms with Crippen molar-refractivity contribution in [2.24, 2.45) is 0 Å². The number of hydrogen-bond acceptors (Lipinski definition) is 7. The van der Waals surface area contributed by atoms with Crippen LogP contribution in [-0.4, -0.2) is 48.2 Å². The first kappa shape index (κ1) is 18.0. The standard InChI is InChI=1S/C21H24N6O/c1-16-15-20(25-21(23-16)24-17-6-8-18(28-2)9-7-17)27-13-11-26(12-14-27)19-5-3-4-10-22-19/h3-10,15H,11-14H2,1-2H3,(H,23,24,25). The molecule has 4 rings (SSSR count). The lowest BCUT2D eigenvalue weighted by Crippen LogP contribution is -2.47. The van der Waals surface area contributed by atoms with Gasteiger partial charge in [0.25, 0.3) is 0 Å². The Morgan fingerprint density at radius 1 is 0.893 bits per heavy atom. The second kappa shape index (κ2) is 8.12. The van der Waals surface area contributed by atoms with E-state index in [0.717, 1.165) is 54.9 Å². The molecule has 7 heteroatoms. The van der Waals surface area contributed by atoms with Crippen LogP contribution in [0.3, 0.4) is 0 Å². The number of pyridine rings is 1. The molecule has 1 aromatic carbocycles. The van der Waals surface area contributed by atoms with E-state index >= 15 is 0 Å². The molecule has 0 spiro atoms. The van der Waals surface area contributed by atoms with E-state index in [2.05, 4.69) is 31.2 Å². The summed E-state index contributed by atoms with van der Waals surface area (Å²) in [5.74, 6) is 3.40. The lowest BCUT2D eigenvalue weighted by molar-refractivity contribution is 0.415. The SMILES string of the molecule is COc1ccc(Nc2nc(C)cc(N3CCN(c4ccccn4)CC3)n2)cc1. The maximum absolute atomic E-state index is 5.20. The minimum atomic E-state index is 0.604. The van der Waals surface area contributed by atoms with E-state index in [4.69, 9.17) is 9.72 Å². The van der Waals surface area contributed by atoms with Gasteiger partial charge in [0.15, 0.2) is 0 Å². The van der Waals surface area contributed by atoms with Gasteiger partial charge in [-0.3, -0.25) is 0 Å². The Morgan fingerprint density at radius 2 is 1.61 bits per heavy atom. The van der Waals surface area contributed by atoms with E-state index < -0.39 is 0 Å². The number of hydrogen-bond donors (Lipinski definition) is 1. The monoisotopic (exact) mass is 376 g/mol. The third-order valence-electron chi connectivity index (χ3n) is 4.76. The number of piperazine rings is 1. The molecule has 7 nitrogen and oxygen atoms in total. The summed E-state index contributed by atoms with van der Waals surface area (Å²) in [6.45, 7) is 5.63. The average Bonchev–Trinajstić information content (AvgIpc) is 2.75. The normalized spacial score (nSPS) is 14.1. The smallest absolute Gasteiger partial charge is 0.229 e. The molecule has 1 fully saturated rings. The third kappa shape index (κ3) is 4.14. The first-order valence-electron chi connectivity index (χ1n) is 9.39. The van der Waals surface area contributed by atoms with Crippen molar-refractivity contribution in [2.75, 3.05) is 48.4 Å². The fourth-order valence-corrected chi connectivity index (χ4v) is 3.28. The lowest BCUT2D eigenvalue weighted by atomic mass is 10.3. The number of ether oxygens (including phenoxy) is 1. The van der Waals surface area contributed by atoms with Gasteiger partial charge in [0.05, 0.1) is 7.11 Å². The molecule has 0 radical (unpaired) electrons. The van der Waals surface area contributed by atoms with Crippen molar-refractivity contribution in [1.29, 1.82) is 0 Å². The second-order valence-corrected chi connectivity index (χ2v) is 6.71. The highest BCUT2D eigenvalue weighted by molar-refractivity contribution is 5.57. The van der Waals surface area contributed by atoms with Gasteiger partial charge in [-0.1, -0.05) is 6.07 Å². The van der Waals surface area contributed by atoms with Gasteiger partial charge in [-0.25, -0.2) is 9.97 Å². The maximum atomic E-state index is 5.20. The number of aromatic nitrogens is 3. The highest BCUT2D eigenvalue weighted by Gasteiger charge is 2.19. The van der Waals surface area contributed by atoms with E-state index in [0.29, 0.717) is 5.95 Å². The van der Waals surface area contributed by atoms with Gasteiger partial charge >= 0.3 is 0 Å². The average molecular weight is 376 g/mol. The van der Waals surface area contributed by atoms with Crippen molar-refractivity contribution in [3.05, 3.63) is 60.4 Å². The molecule has 28 heavy (non-hydrogen) atoms. The Kier molecular flexibility index (Phi) is 5.23. The predicted molar refractivity (Wildman–Crippen MR) is 112 cm³/mol. The molecule has 3 heterocycles. The summed E-state index contributed by atoms with van der Waals surface area (Å²) in [6, 6.07) is 15.8. The molecule has 1 N–H and O–H groups in total.